The van der Waals surface area contributed by atoms with Crippen molar-refractivity contribution in [3.05, 3.63) is 64.1 Å². The first-order valence-corrected chi connectivity index (χ1v) is 9.25. The molecule has 0 unspecified atom stereocenters. The van der Waals surface area contributed by atoms with E-state index in [1.807, 2.05) is 30.3 Å². The highest BCUT2D eigenvalue weighted by molar-refractivity contribution is 5.82. The van der Waals surface area contributed by atoms with E-state index >= 15 is 0 Å². The molecule has 1 aliphatic rings. The fraction of sp³-hybridized carbons (Fsp3) is 0.333. The third kappa shape index (κ3) is 3.95. The van der Waals surface area contributed by atoms with Crippen molar-refractivity contribution in [2.75, 3.05) is 18.5 Å². The van der Waals surface area contributed by atoms with Crippen molar-refractivity contribution in [2.45, 2.75) is 31.8 Å². The molecule has 4 rings (SSSR count). The van der Waals surface area contributed by atoms with Gasteiger partial charge in [0.1, 0.15) is 29.9 Å². The number of hydrogen-bond acceptors (Lipinski definition) is 6. The van der Waals surface area contributed by atoms with E-state index in [2.05, 4.69) is 10.3 Å². The Morgan fingerprint density at radius 2 is 2.04 bits per heavy atom. The number of benzene rings is 1. The van der Waals surface area contributed by atoms with E-state index in [0.29, 0.717) is 23.7 Å². The van der Waals surface area contributed by atoms with Gasteiger partial charge in [0.2, 0.25) is 0 Å². The SMILES string of the molecule is O=c1oc2cc(OC[C@H](O)CNc3ccccn3)ccc2c2c1CCCC2. The summed E-state index contributed by atoms with van der Waals surface area (Å²) in [6, 6.07) is 11.1. The predicted molar refractivity (Wildman–Crippen MR) is 103 cm³/mol. The fourth-order valence-electron chi connectivity index (χ4n) is 3.46. The van der Waals surface area contributed by atoms with Gasteiger partial charge in [0.15, 0.2) is 0 Å². The molecule has 140 valence electrons. The number of rotatable bonds is 6. The van der Waals surface area contributed by atoms with Crippen LogP contribution in [-0.4, -0.2) is 29.3 Å². The number of nitrogens with zero attached hydrogens (tertiary/aromatic N) is 1. The van der Waals surface area contributed by atoms with Crippen LogP contribution in [0.2, 0.25) is 0 Å². The Morgan fingerprint density at radius 1 is 1.19 bits per heavy atom. The molecule has 0 radical (unpaired) electrons. The largest absolute Gasteiger partial charge is 0.491 e. The summed E-state index contributed by atoms with van der Waals surface area (Å²) >= 11 is 0. The molecule has 1 aliphatic carbocycles. The topological polar surface area (TPSA) is 84.6 Å². The molecule has 3 aromatic rings. The molecule has 0 amide bonds. The number of aliphatic hydroxyl groups excluding tert-OH is 1. The monoisotopic (exact) mass is 366 g/mol. The summed E-state index contributed by atoms with van der Waals surface area (Å²) in [5.74, 6) is 1.27. The zero-order chi connectivity index (χ0) is 18.6. The van der Waals surface area contributed by atoms with Crippen LogP contribution >= 0.6 is 0 Å². The van der Waals surface area contributed by atoms with Gasteiger partial charge in [-0.1, -0.05) is 6.07 Å². The van der Waals surface area contributed by atoms with Gasteiger partial charge in [0.05, 0.1) is 0 Å². The second-order valence-corrected chi connectivity index (χ2v) is 6.77. The van der Waals surface area contributed by atoms with Crippen LogP contribution in [0.25, 0.3) is 11.0 Å². The number of fused-ring (bicyclic) bond motifs is 3. The minimum absolute atomic E-state index is 0.126. The lowest BCUT2D eigenvalue weighted by atomic mass is 9.91. The minimum Gasteiger partial charge on any atom is -0.491 e. The molecule has 2 aromatic heterocycles. The van der Waals surface area contributed by atoms with E-state index in [-0.39, 0.29) is 12.2 Å². The molecule has 0 saturated heterocycles. The van der Waals surface area contributed by atoms with Crippen molar-refractivity contribution in [3.63, 3.8) is 0 Å². The van der Waals surface area contributed by atoms with Crippen LogP contribution in [0.1, 0.15) is 24.0 Å². The van der Waals surface area contributed by atoms with E-state index in [1.54, 1.807) is 12.3 Å². The van der Waals surface area contributed by atoms with Crippen LogP contribution in [0.4, 0.5) is 5.82 Å². The quantitative estimate of drug-likeness (QED) is 0.653. The maximum atomic E-state index is 12.2. The predicted octanol–water partition coefficient (Wildman–Crippen LogP) is 2.92. The second-order valence-electron chi connectivity index (χ2n) is 6.77. The third-order valence-electron chi connectivity index (χ3n) is 4.82. The average Bonchev–Trinajstić information content (AvgIpc) is 2.71. The third-order valence-corrected chi connectivity index (χ3v) is 4.82. The van der Waals surface area contributed by atoms with E-state index in [1.165, 1.54) is 0 Å². The van der Waals surface area contributed by atoms with Crippen molar-refractivity contribution in [3.8, 4) is 5.75 Å². The summed E-state index contributed by atoms with van der Waals surface area (Å²) in [7, 11) is 0. The number of anilines is 1. The molecule has 0 fully saturated rings. The number of pyridine rings is 1. The summed E-state index contributed by atoms with van der Waals surface area (Å²) in [4.78, 5) is 16.4. The minimum atomic E-state index is -0.696. The van der Waals surface area contributed by atoms with Crippen molar-refractivity contribution >= 4 is 16.8 Å². The maximum Gasteiger partial charge on any atom is 0.339 e. The molecule has 1 atom stereocenters. The van der Waals surface area contributed by atoms with Gasteiger partial charge in [0.25, 0.3) is 0 Å². The van der Waals surface area contributed by atoms with Gasteiger partial charge in [0, 0.05) is 29.8 Å². The standard InChI is InChI=1S/C21H22N2O4/c24-14(12-23-20-7-3-4-10-22-20)13-26-15-8-9-17-16-5-1-2-6-18(16)21(25)27-19(17)11-15/h3-4,7-11,14,24H,1-2,5-6,12-13H2,(H,22,23)/t14-/m1/s1. The number of hydrogen-bond donors (Lipinski definition) is 2. The summed E-state index contributed by atoms with van der Waals surface area (Å²) in [6.07, 6.45) is 4.83. The lowest BCUT2D eigenvalue weighted by Crippen LogP contribution is -2.26. The highest BCUT2D eigenvalue weighted by Gasteiger charge is 2.18. The molecule has 27 heavy (non-hydrogen) atoms. The number of aryl methyl sites for hydroxylation is 1. The number of aromatic nitrogens is 1. The van der Waals surface area contributed by atoms with Gasteiger partial charge < -0.3 is 19.6 Å². The molecule has 6 nitrogen and oxygen atoms in total. The summed E-state index contributed by atoms with van der Waals surface area (Å²) in [6.45, 7) is 0.452. The van der Waals surface area contributed by atoms with E-state index in [9.17, 15) is 9.90 Å². The highest BCUT2D eigenvalue weighted by atomic mass is 16.5. The average molecular weight is 366 g/mol. The molecule has 2 N–H and O–H groups in total. The molecule has 2 heterocycles. The smallest absolute Gasteiger partial charge is 0.339 e. The Morgan fingerprint density at radius 3 is 2.85 bits per heavy atom. The normalized spacial score (nSPS) is 14.6. The molecule has 0 saturated carbocycles. The van der Waals surface area contributed by atoms with Crippen LogP contribution in [0.5, 0.6) is 5.75 Å². The van der Waals surface area contributed by atoms with Gasteiger partial charge in [-0.15, -0.1) is 0 Å². The summed E-state index contributed by atoms with van der Waals surface area (Å²) < 4.78 is 11.2. The number of nitrogens with one attached hydrogen (secondary N) is 1. The van der Waals surface area contributed by atoms with Crippen molar-refractivity contribution in [1.29, 1.82) is 0 Å². The zero-order valence-corrected chi connectivity index (χ0v) is 15.0. The zero-order valence-electron chi connectivity index (χ0n) is 15.0. The number of aliphatic hydroxyl groups is 1. The second kappa shape index (κ2) is 7.80. The molecule has 0 bridgehead atoms. The Hall–Kier alpha value is -2.86. The van der Waals surface area contributed by atoms with Gasteiger partial charge >= 0.3 is 5.63 Å². The van der Waals surface area contributed by atoms with E-state index in [0.717, 1.165) is 42.2 Å². The van der Waals surface area contributed by atoms with Gasteiger partial charge in [-0.2, -0.15) is 0 Å². The molecule has 0 aliphatic heterocycles. The van der Waals surface area contributed by atoms with Crippen LogP contribution in [0.3, 0.4) is 0 Å². The van der Waals surface area contributed by atoms with Crippen molar-refractivity contribution < 1.29 is 14.3 Å². The Balaban J connectivity index is 1.43. The first-order valence-electron chi connectivity index (χ1n) is 9.25. The molecular weight excluding hydrogens is 344 g/mol. The van der Waals surface area contributed by atoms with E-state index in [4.69, 9.17) is 9.15 Å². The van der Waals surface area contributed by atoms with Crippen LogP contribution in [0.15, 0.2) is 51.8 Å². The first kappa shape index (κ1) is 17.5. The van der Waals surface area contributed by atoms with Gasteiger partial charge in [-0.25, -0.2) is 9.78 Å². The lowest BCUT2D eigenvalue weighted by Gasteiger charge is -2.17. The molecule has 0 spiro atoms. The van der Waals surface area contributed by atoms with Crippen LogP contribution < -0.4 is 15.7 Å². The van der Waals surface area contributed by atoms with Gasteiger partial charge in [-0.3, -0.25) is 0 Å². The summed E-state index contributed by atoms with van der Waals surface area (Å²) in [5.41, 5.74) is 2.23. The van der Waals surface area contributed by atoms with Gasteiger partial charge in [-0.05, 0) is 55.5 Å². The molecular formula is C21H22N2O4. The van der Waals surface area contributed by atoms with Crippen LogP contribution in [0, 0.1) is 0 Å². The maximum absolute atomic E-state index is 12.2. The lowest BCUT2D eigenvalue weighted by molar-refractivity contribution is 0.117. The summed E-state index contributed by atoms with van der Waals surface area (Å²) in [5, 5.41) is 14.1. The molecule has 6 heteroatoms. The Bertz CT molecular complexity index is 985. The highest BCUT2D eigenvalue weighted by Crippen LogP contribution is 2.29. The van der Waals surface area contributed by atoms with Crippen molar-refractivity contribution in [2.24, 2.45) is 0 Å². The number of ether oxygens (including phenoxy) is 1. The van der Waals surface area contributed by atoms with E-state index < -0.39 is 6.10 Å². The fourth-order valence-corrected chi connectivity index (χ4v) is 3.46. The van der Waals surface area contributed by atoms with Crippen LogP contribution in [-0.2, 0) is 12.8 Å². The first-order chi connectivity index (χ1) is 13.2. The Kier molecular flexibility index (Phi) is 5.07. The van der Waals surface area contributed by atoms with Crippen molar-refractivity contribution in [1.82, 2.24) is 4.98 Å². The Labute approximate surface area is 156 Å². The molecule has 1 aromatic carbocycles.